The maximum atomic E-state index is 12.1. The number of hydrogen-bond donors (Lipinski definition) is 2. The topological polar surface area (TPSA) is 83.6 Å². The van der Waals surface area contributed by atoms with Crippen LogP contribution in [0.2, 0.25) is 0 Å². The van der Waals surface area contributed by atoms with Crippen LogP contribution >= 0.6 is 0 Å². The Hall–Kier alpha value is -2.04. The van der Waals surface area contributed by atoms with Crippen LogP contribution in [0, 0.1) is 5.92 Å². The van der Waals surface area contributed by atoms with Gasteiger partial charge in [-0.2, -0.15) is 0 Å². The molecule has 0 atom stereocenters. The number of benzene rings is 1. The second kappa shape index (κ2) is 5.73. The molecule has 3 N–H and O–H groups in total. The van der Waals surface area contributed by atoms with Crippen molar-refractivity contribution in [2.75, 3.05) is 13.1 Å². The number of piperidine rings is 1. The standard InChI is InChI=1S/C14H18N2O3/c15-14(19)11-4-6-16(7-5-11)13(18)9-10-2-1-3-12(17)8-10/h1-3,8,11,17H,4-7,9H2,(H2,15,19). The van der Waals surface area contributed by atoms with Crippen molar-refractivity contribution in [3.8, 4) is 5.75 Å². The van der Waals surface area contributed by atoms with E-state index in [-0.39, 0.29) is 29.9 Å². The first-order valence-corrected chi connectivity index (χ1v) is 6.41. The highest BCUT2D eigenvalue weighted by molar-refractivity contribution is 5.80. The van der Waals surface area contributed by atoms with E-state index in [1.54, 1.807) is 23.1 Å². The molecule has 0 aromatic heterocycles. The molecular weight excluding hydrogens is 244 g/mol. The average Bonchev–Trinajstić information content (AvgIpc) is 2.39. The predicted molar refractivity (Wildman–Crippen MR) is 70.3 cm³/mol. The molecule has 1 aliphatic rings. The summed E-state index contributed by atoms with van der Waals surface area (Å²) in [5.41, 5.74) is 6.05. The maximum Gasteiger partial charge on any atom is 0.226 e. The lowest BCUT2D eigenvalue weighted by Crippen LogP contribution is -2.42. The van der Waals surface area contributed by atoms with Crippen molar-refractivity contribution in [3.63, 3.8) is 0 Å². The third-order valence-electron chi connectivity index (χ3n) is 3.52. The number of likely N-dealkylation sites (tertiary alicyclic amines) is 1. The number of carbonyl (C=O) groups excluding carboxylic acids is 2. The van der Waals surface area contributed by atoms with Gasteiger partial charge in [0, 0.05) is 19.0 Å². The van der Waals surface area contributed by atoms with E-state index in [1.165, 1.54) is 0 Å². The zero-order valence-electron chi connectivity index (χ0n) is 10.7. The number of hydrogen-bond acceptors (Lipinski definition) is 3. The fourth-order valence-electron chi connectivity index (χ4n) is 2.37. The van der Waals surface area contributed by atoms with Crippen LogP contribution in [0.15, 0.2) is 24.3 Å². The highest BCUT2D eigenvalue weighted by atomic mass is 16.3. The van der Waals surface area contributed by atoms with Crippen LogP contribution in [-0.2, 0) is 16.0 Å². The molecule has 2 rings (SSSR count). The second-order valence-corrected chi connectivity index (χ2v) is 4.90. The molecule has 2 amide bonds. The number of primary amides is 1. The summed E-state index contributed by atoms with van der Waals surface area (Å²) in [6, 6.07) is 6.70. The monoisotopic (exact) mass is 262 g/mol. The molecule has 0 bridgehead atoms. The number of carbonyl (C=O) groups is 2. The van der Waals surface area contributed by atoms with Crippen LogP contribution in [0.1, 0.15) is 18.4 Å². The van der Waals surface area contributed by atoms with Crippen LogP contribution < -0.4 is 5.73 Å². The van der Waals surface area contributed by atoms with Crippen LogP contribution in [0.5, 0.6) is 5.75 Å². The Morgan fingerprint density at radius 2 is 2.00 bits per heavy atom. The van der Waals surface area contributed by atoms with Gasteiger partial charge in [-0.15, -0.1) is 0 Å². The van der Waals surface area contributed by atoms with Gasteiger partial charge in [0.15, 0.2) is 0 Å². The smallest absolute Gasteiger partial charge is 0.226 e. The first kappa shape index (κ1) is 13.4. The minimum Gasteiger partial charge on any atom is -0.508 e. The lowest BCUT2D eigenvalue weighted by Gasteiger charge is -2.30. The van der Waals surface area contributed by atoms with E-state index < -0.39 is 0 Å². The summed E-state index contributed by atoms with van der Waals surface area (Å²) in [4.78, 5) is 24.9. The van der Waals surface area contributed by atoms with E-state index in [4.69, 9.17) is 5.73 Å². The molecule has 1 saturated heterocycles. The molecular formula is C14H18N2O3. The summed E-state index contributed by atoms with van der Waals surface area (Å²) in [6.07, 6.45) is 1.55. The van der Waals surface area contributed by atoms with E-state index in [0.29, 0.717) is 25.9 Å². The lowest BCUT2D eigenvalue weighted by molar-refractivity contribution is -0.134. The Kier molecular flexibility index (Phi) is 4.04. The minimum atomic E-state index is -0.278. The van der Waals surface area contributed by atoms with Crippen molar-refractivity contribution in [2.24, 2.45) is 11.7 Å². The summed E-state index contributed by atoms with van der Waals surface area (Å²) in [5, 5.41) is 9.36. The van der Waals surface area contributed by atoms with Gasteiger partial charge in [-0.3, -0.25) is 9.59 Å². The quantitative estimate of drug-likeness (QED) is 0.839. The molecule has 1 aliphatic heterocycles. The molecule has 5 heteroatoms. The number of rotatable bonds is 3. The molecule has 0 spiro atoms. The molecule has 1 aromatic carbocycles. The van der Waals surface area contributed by atoms with Gasteiger partial charge < -0.3 is 15.7 Å². The third-order valence-corrected chi connectivity index (χ3v) is 3.52. The van der Waals surface area contributed by atoms with Crippen molar-refractivity contribution in [2.45, 2.75) is 19.3 Å². The van der Waals surface area contributed by atoms with Gasteiger partial charge >= 0.3 is 0 Å². The molecule has 19 heavy (non-hydrogen) atoms. The number of aromatic hydroxyl groups is 1. The Bertz CT molecular complexity index is 479. The number of phenols is 1. The largest absolute Gasteiger partial charge is 0.508 e. The molecule has 0 radical (unpaired) electrons. The third kappa shape index (κ3) is 3.47. The molecule has 1 aromatic rings. The van der Waals surface area contributed by atoms with Crippen LogP contribution in [0.25, 0.3) is 0 Å². The van der Waals surface area contributed by atoms with Crippen LogP contribution in [-0.4, -0.2) is 34.9 Å². The van der Waals surface area contributed by atoms with Gasteiger partial charge in [0.1, 0.15) is 5.75 Å². The molecule has 0 unspecified atom stereocenters. The van der Waals surface area contributed by atoms with Gasteiger partial charge in [0.2, 0.25) is 11.8 Å². The average molecular weight is 262 g/mol. The van der Waals surface area contributed by atoms with Gasteiger partial charge in [-0.05, 0) is 30.5 Å². The fourth-order valence-corrected chi connectivity index (χ4v) is 2.37. The molecule has 1 fully saturated rings. The fraction of sp³-hybridized carbons (Fsp3) is 0.429. The number of nitrogens with zero attached hydrogens (tertiary/aromatic N) is 1. The Labute approximate surface area is 112 Å². The van der Waals surface area contributed by atoms with Crippen molar-refractivity contribution in [3.05, 3.63) is 29.8 Å². The molecule has 0 saturated carbocycles. The molecule has 1 heterocycles. The highest BCUT2D eigenvalue weighted by Crippen LogP contribution is 2.18. The number of nitrogens with two attached hydrogens (primary N) is 1. The van der Waals surface area contributed by atoms with Gasteiger partial charge in [0.25, 0.3) is 0 Å². The van der Waals surface area contributed by atoms with Gasteiger partial charge in [-0.25, -0.2) is 0 Å². The summed E-state index contributed by atoms with van der Waals surface area (Å²) >= 11 is 0. The lowest BCUT2D eigenvalue weighted by atomic mass is 9.96. The normalized spacial score (nSPS) is 16.3. The SMILES string of the molecule is NC(=O)C1CCN(C(=O)Cc2cccc(O)c2)CC1. The first-order valence-electron chi connectivity index (χ1n) is 6.41. The number of amides is 2. The Morgan fingerprint density at radius 1 is 1.32 bits per heavy atom. The zero-order valence-corrected chi connectivity index (χ0v) is 10.7. The van der Waals surface area contributed by atoms with E-state index in [9.17, 15) is 14.7 Å². The zero-order chi connectivity index (χ0) is 13.8. The van der Waals surface area contributed by atoms with E-state index >= 15 is 0 Å². The van der Waals surface area contributed by atoms with Gasteiger partial charge in [0.05, 0.1) is 6.42 Å². The molecule has 5 nitrogen and oxygen atoms in total. The van der Waals surface area contributed by atoms with Crippen LogP contribution in [0.3, 0.4) is 0 Å². The van der Waals surface area contributed by atoms with E-state index in [2.05, 4.69) is 0 Å². The predicted octanol–water partition coefficient (Wildman–Crippen LogP) is 0.659. The second-order valence-electron chi connectivity index (χ2n) is 4.90. The molecule has 0 aliphatic carbocycles. The summed E-state index contributed by atoms with van der Waals surface area (Å²) < 4.78 is 0. The molecule has 102 valence electrons. The van der Waals surface area contributed by atoms with E-state index in [0.717, 1.165) is 5.56 Å². The number of phenolic OH excluding ortho intramolecular Hbond substituents is 1. The van der Waals surface area contributed by atoms with E-state index in [1.807, 2.05) is 6.07 Å². The summed E-state index contributed by atoms with van der Waals surface area (Å²) in [5.74, 6) is -0.198. The minimum absolute atomic E-state index is 0.0218. The highest BCUT2D eigenvalue weighted by Gasteiger charge is 2.25. The summed E-state index contributed by atoms with van der Waals surface area (Å²) in [6.45, 7) is 1.15. The van der Waals surface area contributed by atoms with Crippen LogP contribution in [0.4, 0.5) is 0 Å². The summed E-state index contributed by atoms with van der Waals surface area (Å²) in [7, 11) is 0. The maximum absolute atomic E-state index is 12.1. The Balaban J connectivity index is 1.90. The van der Waals surface area contributed by atoms with Crippen molar-refractivity contribution < 1.29 is 14.7 Å². The first-order chi connectivity index (χ1) is 9.06. The van der Waals surface area contributed by atoms with Crippen molar-refractivity contribution >= 4 is 11.8 Å². The van der Waals surface area contributed by atoms with Crippen molar-refractivity contribution in [1.29, 1.82) is 0 Å². The Morgan fingerprint density at radius 3 is 2.58 bits per heavy atom. The van der Waals surface area contributed by atoms with Crippen molar-refractivity contribution in [1.82, 2.24) is 4.90 Å². The van der Waals surface area contributed by atoms with Gasteiger partial charge in [-0.1, -0.05) is 12.1 Å².